The number of hydrogen-bond donors (Lipinski definition) is 1. The van der Waals surface area contributed by atoms with Crippen LogP contribution in [0.15, 0.2) is 24.3 Å². The van der Waals surface area contributed by atoms with E-state index < -0.39 is 15.7 Å². The van der Waals surface area contributed by atoms with Crippen LogP contribution in [0.2, 0.25) is 5.02 Å². The summed E-state index contributed by atoms with van der Waals surface area (Å²) < 4.78 is -1.05. The van der Waals surface area contributed by atoms with Crippen molar-refractivity contribution in [2.45, 2.75) is 36.9 Å². The number of alkyl halides is 2. The summed E-state index contributed by atoms with van der Waals surface area (Å²) in [6.07, 6.45) is 1.29. The molecule has 5 heteroatoms. The van der Waals surface area contributed by atoms with Crippen molar-refractivity contribution in [1.29, 1.82) is 0 Å². The molecule has 1 amide bonds. The molecule has 1 aliphatic carbocycles. The third-order valence-electron chi connectivity index (χ3n) is 4.57. The first-order valence-electron chi connectivity index (χ1n) is 6.70. The molecule has 0 heterocycles. The number of amides is 1. The number of benzene rings is 1. The molecular weight excluding hydrogens is 317 g/mol. The molecule has 0 saturated heterocycles. The van der Waals surface area contributed by atoms with E-state index in [0.717, 1.165) is 12.0 Å². The quantitative estimate of drug-likeness (QED) is 0.790. The summed E-state index contributed by atoms with van der Waals surface area (Å²) in [7, 11) is 0. The molecule has 2 N–H and O–H groups in total. The molecule has 0 radical (unpaired) electrons. The molecule has 110 valence electrons. The van der Waals surface area contributed by atoms with Crippen LogP contribution in [0, 0.1) is 11.3 Å². The largest absolute Gasteiger partial charge is 0.369 e. The molecule has 0 aliphatic heterocycles. The monoisotopic (exact) mass is 333 g/mol. The zero-order chi connectivity index (χ0) is 15.1. The van der Waals surface area contributed by atoms with Crippen molar-refractivity contribution in [2.24, 2.45) is 17.1 Å². The van der Waals surface area contributed by atoms with Crippen molar-refractivity contribution >= 4 is 40.7 Å². The van der Waals surface area contributed by atoms with E-state index in [0.29, 0.717) is 11.4 Å². The minimum atomic E-state index is -1.05. The normalized spacial score (nSPS) is 28.9. The molecule has 1 aliphatic rings. The van der Waals surface area contributed by atoms with Gasteiger partial charge in [0, 0.05) is 10.9 Å². The summed E-state index contributed by atoms with van der Waals surface area (Å²) in [4.78, 5) is 11.7. The Morgan fingerprint density at radius 2 is 1.90 bits per heavy atom. The van der Waals surface area contributed by atoms with Crippen molar-refractivity contribution in [1.82, 2.24) is 0 Å². The van der Waals surface area contributed by atoms with Gasteiger partial charge in [0.05, 0.1) is 5.41 Å². The number of halogens is 3. The maximum absolute atomic E-state index is 11.7. The molecule has 1 aromatic carbocycles. The topological polar surface area (TPSA) is 43.1 Å². The van der Waals surface area contributed by atoms with Crippen LogP contribution in [0.4, 0.5) is 0 Å². The van der Waals surface area contributed by atoms with E-state index in [1.807, 2.05) is 31.2 Å². The Morgan fingerprint density at radius 1 is 1.35 bits per heavy atom. The molecule has 1 saturated carbocycles. The van der Waals surface area contributed by atoms with Gasteiger partial charge in [-0.05, 0) is 36.5 Å². The van der Waals surface area contributed by atoms with Gasteiger partial charge in [-0.1, -0.05) is 37.6 Å². The Kier molecular flexibility index (Phi) is 4.30. The lowest BCUT2D eigenvalue weighted by atomic mass is 9.90. The fraction of sp³-hybridized carbons (Fsp3) is 0.533. The van der Waals surface area contributed by atoms with Gasteiger partial charge < -0.3 is 5.73 Å². The maximum atomic E-state index is 11.7. The van der Waals surface area contributed by atoms with Crippen LogP contribution in [0.25, 0.3) is 0 Å². The number of nitrogens with two attached hydrogens (primary N) is 1. The Hall–Kier alpha value is -0.440. The summed E-state index contributed by atoms with van der Waals surface area (Å²) in [5.41, 5.74) is 5.88. The molecule has 2 nitrogen and oxygen atoms in total. The lowest BCUT2D eigenvalue weighted by Gasteiger charge is -2.14. The fourth-order valence-corrected chi connectivity index (χ4v) is 4.44. The van der Waals surface area contributed by atoms with E-state index in [2.05, 4.69) is 6.92 Å². The van der Waals surface area contributed by atoms with Gasteiger partial charge >= 0.3 is 0 Å². The second kappa shape index (κ2) is 5.40. The summed E-state index contributed by atoms with van der Waals surface area (Å²) >= 11 is 18.5. The predicted molar refractivity (Wildman–Crippen MR) is 84.3 cm³/mol. The zero-order valence-corrected chi connectivity index (χ0v) is 13.8. The van der Waals surface area contributed by atoms with E-state index in [4.69, 9.17) is 40.5 Å². The number of carbonyl (C=O) groups is 1. The average molecular weight is 335 g/mol. The first-order chi connectivity index (χ1) is 9.27. The highest BCUT2D eigenvalue weighted by Crippen LogP contribution is 2.72. The molecule has 20 heavy (non-hydrogen) atoms. The van der Waals surface area contributed by atoms with Crippen molar-refractivity contribution < 1.29 is 4.79 Å². The first kappa shape index (κ1) is 15.9. The molecule has 1 fully saturated rings. The van der Waals surface area contributed by atoms with Gasteiger partial charge in [0.25, 0.3) is 0 Å². The van der Waals surface area contributed by atoms with E-state index in [9.17, 15) is 4.79 Å². The van der Waals surface area contributed by atoms with Crippen LogP contribution < -0.4 is 5.73 Å². The van der Waals surface area contributed by atoms with Gasteiger partial charge in [0.1, 0.15) is 4.33 Å². The predicted octanol–water partition coefficient (Wildman–Crippen LogP) is 4.52. The Labute approximate surface area is 134 Å². The van der Waals surface area contributed by atoms with Crippen LogP contribution in [0.5, 0.6) is 0 Å². The van der Waals surface area contributed by atoms with Gasteiger partial charge in [0.2, 0.25) is 5.91 Å². The smallest absolute Gasteiger partial charge is 0.227 e. The van der Waals surface area contributed by atoms with Crippen molar-refractivity contribution in [3.05, 3.63) is 34.9 Å². The average Bonchev–Trinajstić information content (AvgIpc) is 2.86. The third-order valence-corrected chi connectivity index (χ3v) is 6.02. The van der Waals surface area contributed by atoms with Crippen LogP contribution >= 0.6 is 34.8 Å². The number of primary amides is 1. The highest BCUT2D eigenvalue weighted by atomic mass is 35.5. The molecular formula is C15H18Cl3NO. The second-order valence-corrected chi connectivity index (χ2v) is 7.38. The number of rotatable bonds is 5. The molecule has 0 bridgehead atoms. The van der Waals surface area contributed by atoms with Crippen LogP contribution in [-0.2, 0) is 4.79 Å². The second-order valence-electron chi connectivity index (χ2n) is 5.55. The highest BCUT2D eigenvalue weighted by Gasteiger charge is 2.77. The highest BCUT2D eigenvalue weighted by molar-refractivity contribution is 6.53. The lowest BCUT2D eigenvalue weighted by Crippen LogP contribution is -2.29. The van der Waals surface area contributed by atoms with Gasteiger partial charge in [-0.3, -0.25) is 4.79 Å². The van der Waals surface area contributed by atoms with Gasteiger partial charge in [-0.2, -0.15) is 0 Å². The van der Waals surface area contributed by atoms with Crippen LogP contribution in [0.3, 0.4) is 0 Å². The molecule has 0 aromatic heterocycles. The minimum Gasteiger partial charge on any atom is -0.369 e. The molecule has 0 spiro atoms. The SMILES string of the molecule is CC[C@]1(C(N)=O)[C@H](C[C@H](C)c2ccc(Cl)cc2)C1(Cl)Cl. The first-order valence-corrected chi connectivity index (χ1v) is 7.84. The zero-order valence-electron chi connectivity index (χ0n) is 11.5. The van der Waals surface area contributed by atoms with E-state index in [-0.39, 0.29) is 11.8 Å². The van der Waals surface area contributed by atoms with Gasteiger partial charge in [-0.25, -0.2) is 0 Å². The minimum absolute atomic E-state index is 0.105. The molecule has 1 aromatic rings. The summed E-state index contributed by atoms with van der Waals surface area (Å²) in [5, 5.41) is 0.705. The molecule has 2 rings (SSSR count). The van der Waals surface area contributed by atoms with Crippen LogP contribution in [-0.4, -0.2) is 10.2 Å². The van der Waals surface area contributed by atoms with Gasteiger partial charge in [0.15, 0.2) is 0 Å². The summed E-state index contributed by atoms with van der Waals surface area (Å²) in [6.45, 7) is 3.99. The van der Waals surface area contributed by atoms with Crippen molar-refractivity contribution in [3.8, 4) is 0 Å². The standard InChI is InChI=1S/C15H18Cl3NO/c1-3-14(13(19)20)12(15(14,17)18)8-9(2)10-4-6-11(16)7-5-10/h4-7,9,12H,3,8H2,1-2H3,(H2,19,20)/t9-,12-,14+/m0/s1. The summed E-state index contributed by atoms with van der Waals surface area (Å²) in [6, 6.07) is 7.68. The molecule has 0 unspecified atom stereocenters. The van der Waals surface area contributed by atoms with E-state index in [1.165, 1.54) is 0 Å². The Balaban J connectivity index is 2.15. The van der Waals surface area contributed by atoms with Crippen LogP contribution in [0.1, 0.15) is 38.2 Å². The lowest BCUT2D eigenvalue weighted by molar-refractivity contribution is -0.123. The number of carbonyl (C=O) groups excluding carboxylic acids is 1. The third kappa shape index (κ3) is 2.32. The summed E-state index contributed by atoms with van der Waals surface area (Å²) in [5.74, 6) is -0.272. The van der Waals surface area contributed by atoms with Crippen molar-refractivity contribution in [2.75, 3.05) is 0 Å². The van der Waals surface area contributed by atoms with E-state index >= 15 is 0 Å². The van der Waals surface area contributed by atoms with Gasteiger partial charge in [-0.15, -0.1) is 23.2 Å². The Bertz CT molecular complexity index is 514. The molecule has 3 atom stereocenters. The van der Waals surface area contributed by atoms with E-state index in [1.54, 1.807) is 0 Å². The maximum Gasteiger partial charge on any atom is 0.227 e. The fourth-order valence-electron chi connectivity index (χ4n) is 3.16. The number of hydrogen-bond acceptors (Lipinski definition) is 1. The Morgan fingerprint density at radius 3 is 2.30 bits per heavy atom. The van der Waals surface area contributed by atoms with Crippen molar-refractivity contribution in [3.63, 3.8) is 0 Å².